The van der Waals surface area contributed by atoms with Crippen molar-refractivity contribution in [2.24, 2.45) is 9.98 Å². The predicted molar refractivity (Wildman–Crippen MR) is 226 cm³/mol. The molecule has 4 aliphatic heterocycles. The summed E-state index contributed by atoms with van der Waals surface area (Å²) < 4.78 is 40.3. The van der Waals surface area contributed by atoms with Crippen LogP contribution in [0.5, 0.6) is 23.0 Å². The number of carbonyl (C=O) groups excluding carboxylic acids is 3. The smallest absolute Gasteiger partial charge is 0.261 e. The van der Waals surface area contributed by atoms with Crippen molar-refractivity contribution in [1.82, 2.24) is 0 Å². The molecule has 0 aromatic heterocycles. The van der Waals surface area contributed by atoms with Crippen molar-refractivity contribution in [1.29, 1.82) is 0 Å². The molecule has 2 amide bonds. The van der Waals surface area contributed by atoms with E-state index in [2.05, 4.69) is 0 Å². The van der Waals surface area contributed by atoms with Crippen LogP contribution in [0.3, 0.4) is 0 Å². The van der Waals surface area contributed by atoms with E-state index in [1.165, 1.54) is 7.11 Å². The van der Waals surface area contributed by atoms with E-state index < -0.39 is 0 Å². The summed E-state index contributed by atoms with van der Waals surface area (Å²) in [6.07, 6.45) is 6.11. The Balaban J connectivity index is 0.909. The Morgan fingerprint density at radius 3 is 1.93 bits per heavy atom. The lowest BCUT2D eigenvalue weighted by molar-refractivity contribution is -0.153. The number of nitrogens with zero attached hydrogens (tertiary/aromatic N) is 4. The lowest BCUT2D eigenvalue weighted by Gasteiger charge is -2.22. The normalized spacial score (nSPS) is 16.7. The molecule has 4 heterocycles. The van der Waals surface area contributed by atoms with E-state index in [-0.39, 0.29) is 70.5 Å². The van der Waals surface area contributed by atoms with Gasteiger partial charge in [-0.05, 0) is 70.8 Å². The molecule has 2 atom stereocenters. The molecular weight excluding hydrogens is 781 g/mol. The van der Waals surface area contributed by atoms with Gasteiger partial charge in [-0.1, -0.05) is 36.4 Å². The molecule has 0 N–H and O–H groups in total. The first-order chi connectivity index (χ1) is 30.0. The Morgan fingerprint density at radius 1 is 0.623 bits per heavy atom. The van der Waals surface area contributed by atoms with Crippen molar-refractivity contribution in [3.8, 4) is 23.0 Å². The SMILES string of the molecule is COc1cc2c(cc1OCc1cc(COc3ccc4c(c3)N=C[C@@H]3Cc5ccccc5N3C4=O)cc(OCOCOCOCCC=O)c1)N=C[C@@H]1Cc3ccccc3N1C2=O. The van der Waals surface area contributed by atoms with E-state index in [9.17, 15) is 14.4 Å². The number of benzene rings is 5. The van der Waals surface area contributed by atoms with Crippen molar-refractivity contribution in [2.75, 3.05) is 43.9 Å². The third-order valence-electron chi connectivity index (χ3n) is 10.8. The minimum Gasteiger partial charge on any atom is -0.493 e. The van der Waals surface area contributed by atoms with Crippen LogP contribution in [0.1, 0.15) is 49.4 Å². The number of hydrogen-bond acceptors (Lipinski definition) is 12. The molecule has 61 heavy (non-hydrogen) atoms. The van der Waals surface area contributed by atoms with Gasteiger partial charge in [0.1, 0.15) is 37.8 Å². The zero-order valence-corrected chi connectivity index (χ0v) is 33.4. The third kappa shape index (κ3) is 8.33. The second-order valence-electron chi connectivity index (χ2n) is 14.7. The lowest BCUT2D eigenvalue weighted by atomic mass is 10.1. The third-order valence-corrected chi connectivity index (χ3v) is 10.8. The van der Waals surface area contributed by atoms with Gasteiger partial charge in [0.15, 0.2) is 25.1 Å². The van der Waals surface area contributed by atoms with E-state index in [4.69, 9.17) is 43.1 Å². The second-order valence-corrected chi connectivity index (χ2v) is 14.7. The highest BCUT2D eigenvalue weighted by Gasteiger charge is 2.37. The van der Waals surface area contributed by atoms with Crippen molar-refractivity contribution < 1.29 is 47.5 Å². The van der Waals surface area contributed by atoms with E-state index in [1.807, 2.05) is 84.1 Å². The van der Waals surface area contributed by atoms with Gasteiger partial charge in [0, 0.05) is 55.2 Å². The molecule has 4 aliphatic rings. The van der Waals surface area contributed by atoms with Crippen LogP contribution in [-0.2, 0) is 45.1 Å². The largest absolute Gasteiger partial charge is 0.493 e. The van der Waals surface area contributed by atoms with Gasteiger partial charge >= 0.3 is 0 Å². The Bertz CT molecular complexity index is 2540. The lowest BCUT2D eigenvalue weighted by Crippen LogP contribution is -2.37. The summed E-state index contributed by atoms with van der Waals surface area (Å²) in [4.78, 5) is 51.2. The molecule has 5 aromatic carbocycles. The molecule has 14 heteroatoms. The van der Waals surface area contributed by atoms with Crippen LogP contribution in [0.4, 0.5) is 22.7 Å². The summed E-state index contributed by atoms with van der Waals surface area (Å²) in [5.74, 6) is 1.58. The predicted octanol–water partition coefficient (Wildman–Crippen LogP) is 7.32. The second kappa shape index (κ2) is 17.8. The summed E-state index contributed by atoms with van der Waals surface area (Å²) in [5.41, 5.74) is 7.50. The Morgan fingerprint density at radius 2 is 1.25 bits per heavy atom. The Labute approximate surface area is 351 Å². The minimum absolute atomic E-state index is 0.0183. The van der Waals surface area contributed by atoms with Crippen LogP contribution in [0, 0.1) is 0 Å². The zero-order valence-electron chi connectivity index (χ0n) is 33.4. The van der Waals surface area contributed by atoms with Crippen LogP contribution in [0.2, 0.25) is 0 Å². The molecule has 0 bridgehead atoms. The number of aldehydes is 1. The van der Waals surface area contributed by atoms with Crippen molar-refractivity contribution >= 4 is 53.3 Å². The minimum atomic E-state index is -0.190. The molecule has 0 saturated carbocycles. The van der Waals surface area contributed by atoms with Gasteiger partial charge in [-0.2, -0.15) is 0 Å². The number of hydrogen-bond donors (Lipinski definition) is 0. The molecule has 5 aromatic rings. The first-order valence-electron chi connectivity index (χ1n) is 19.9. The van der Waals surface area contributed by atoms with Crippen LogP contribution < -0.4 is 28.7 Å². The van der Waals surface area contributed by atoms with E-state index in [1.54, 1.807) is 35.2 Å². The van der Waals surface area contributed by atoms with Gasteiger partial charge in [0.2, 0.25) is 0 Å². The fraction of sp³-hybridized carbons (Fsp3) is 0.255. The highest BCUT2D eigenvalue weighted by molar-refractivity contribution is 6.15. The number of amides is 2. The van der Waals surface area contributed by atoms with Crippen LogP contribution in [0.25, 0.3) is 0 Å². The number of fused-ring (bicyclic) bond motifs is 8. The van der Waals surface area contributed by atoms with Crippen LogP contribution in [-0.4, -0.2) is 76.7 Å². The number of rotatable bonds is 17. The molecule has 0 unspecified atom stereocenters. The van der Waals surface area contributed by atoms with Gasteiger partial charge < -0.3 is 38.0 Å². The highest BCUT2D eigenvalue weighted by atomic mass is 16.8. The first-order valence-corrected chi connectivity index (χ1v) is 19.9. The van der Waals surface area contributed by atoms with Crippen LogP contribution in [0.15, 0.2) is 107 Å². The molecule has 0 radical (unpaired) electrons. The maximum absolute atomic E-state index is 13.9. The van der Waals surface area contributed by atoms with Crippen molar-refractivity contribution in [3.63, 3.8) is 0 Å². The highest BCUT2D eigenvalue weighted by Crippen LogP contribution is 2.42. The number of para-hydroxylation sites is 2. The summed E-state index contributed by atoms with van der Waals surface area (Å²) in [6, 6.07) is 29.8. The molecule has 0 fully saturated rings. The number of carbonyl (C=O) groups is 3. The molecule has 9 rings (SSSR count). The molecule has 0 spiro atoms. The van der Waals surface area contributed by atoms with Crippen molar-refractivity contribution in [2.45, 2.75) is 44.6 Å². The topological polar surface area (TPSA) is 147 Å². The van der Waals surface area contributed by atoms with Gasteiger partial charge in [-0.3, -0.25) is 29.4 Å². The molecule has 14 nitrogen and oxygen atoms in total. The monoisotopic (exact) mass is 822 g/mol. The maximum Gasteiger partial charge on any atom is 0.261 e. The summed E-state index contributed by atoms with van der Waals surface area (Å²) >= 11 is 0. The van der Waals surface area contributed by atoms with E-state index in [0.29, 0.717) is 58.3 Å². The summed E-state index contributed by atoms with van der Waals surface area (Å²) in [5, 5.41) is 0. The molecular formula is C47H42N4O10. The maximum atomic E-state index is 13.9. The Hall–Kier alpha value is -6.87. The number of methoxy groups -OCH3 is 1. The molecule has 0 saturated heterocycles. The molecule has 310 valence electrons. The average molecular weight is 823 g/mol. The van der Waals surface area contributed by atoms with Gasteiger partial charge in [0.25, 0.3) is 11.8 Å². The van der Waals surface area contributed by atoms with Crippen molar-refractivity contribution in [3.05, 3.63) is 130 Å². The fourth-order valence-corrected chi connectivity index (χ4v) is 7.96. The van der Waals surface area contributed by atoms with Gasteiger partial charge in [-0.15, -0.1) is 0 Å². The number of ether oxygens (including phenoxy) is 7. The standard InChI is InChI=1S/C47H42N4O10/c1-55-44-21-39-41(49-24-35-19-33-8-3-5-10-43(33)51(35)47(39)54)22-45(44)60-26-31-15-30(16-37(17-31)61-29-58-28-57-27-56-14-6-13-52)25-59-36-11-12-38-40(20-36)48-23-34-18-32-7-2-4-9-42(32)50(34)46(38)53/h2-5,7-13,15-17,20-24,34-35H,6,14,18-19,25-29H2,1H3/t34-,35-/m0/s1. The van der Waals surface area contributed by atoms with Gasteiger partial charge in [-0.25, -0.2) is 0 Å². The Kier molecular flexibility index (Phi) is 11.5. The number of aliphatic imine (C=N–C) groups is 2. The summed E-state index contributed by atoms with van der Waals surface area (Å²) in [7, 11) is 1.53. The summed E-state index contributed by atoms with van der Waals surface area (Å²) in [6.45, 7) is 0.313. The van der Waals surface area contributed by atoms with E-state index >= 15 is 0 Å². The molecule has 0 aliphatic carbocycles. The zero-order chi connectivity index (χ0) is 41.7. The fourth-order valence-electron chi connectivity index (χ4n) is 7.96. The average Bonchev–Trinajstić information content (AvgIpc) is 3.78. The van der Waals surface area contributed by atoms with E-state index in [0.717, 1.165) is 39.9 Å². The number of anilines is 2. The quantitative estimate of drug-likeness (QED) is 0.0531. The van der Waals surface area contributed by atoms with Crippen LogP contribution >= 0.6 is 0 Å². The van der Waals surface area contributed by atoms with Gasteiger partial charge in [0.05, 0.1) is 48.3 Å². The first kappa shape index (κ1) is 39.6.